The maximum Gasteiger partial charge on any atom is 0.261 e. The van der Waals surface area contributed by atoms with Crippen LogP contribution in [0.4, 0.5) is 5.69 Å². The lowest BCUT2D eigenvalue weighted by Crippen LogP contribution is -2.38. The Kier molecular flexibility index (Phi) is 8.27. The summed E-state index contributed by atoms with van der Waals surface area (Å²) in [6.45, 7) is 6.69. The molecule has 1 amide bonds. The molecule has 0 spiro atoms. The fourth-order valence-electron chi connectivity index (χ4n) is 3.19. The summed E-state index contributed by atoms with van der Waals surface area (Å²) in [7, 11) is -3.70. The molecule has 2 aromatic rings. The van der Waals surface area contributed by atoms with E-state index in [-0.39, 0.29) is 17.4 Å². The SMILES string of the molecule is Cc1cccc(NS(=O)(=O)c2ccc(OCC(=O)NCCCN3CCOCC3)cc2)c1. The molecule has 0 bridgehead atoms. The number of anilines is 1. The summed E-state index contributed by atoms with van der Waals surface area (Å²) in [4.78, 5) is 14.4. The average Bonchev–Trinajstić information content (AvgIpc) is 2.76. The number of benzene rings is 2. The zero-order valence-electron chi connectivity index (χ0n) is 17.7. The summed E-state index contributed by atoms with van der Waals surface area (Å²) < 4.78 is 38.4. The third-order valence-corrected chi connectivity index (χ3v) is 6.25. The van der Waals surface area contributed by atoms with Gasteiger partial charge in [-0.3, -0.25) is 14.4 Å². The molecule has 1 heterocycles. The number of ether oxygens (including phenoxy) is 2. The minimum Gasteiger partial charge on any atom is -0.484 e. The van der Waals surface area contributed by atoms with E-state index >= 15 is 0 Å². The summed E-state index contributed by atoms with van der Waals surface area (Å²) in [6.07, 6.45) is 0.867. The number of nitrogens with zero attached hydrogens (tertiary/aromatic N) is 1. The lowest BCUT2D eigenvalue weighted by Gasteiger charge is -2.26. The van der Waals surface area contributed by atoms with Gasteiger partial charge in [-0.1, -0.05) is 12.1 Å². The van der Waals surface area contributed by atoms with E-state index in [9.17, 15) is 13.2 Å². The molecule has 3 rings (SSSR count). The van der Waals surface area contributed by atoms with Crippen LogP contribution in [0, 0.1) is 6.92 Å². The fraction of sp³-hybridized carbons (Fsp3) is 0.409. The molecule has 9 heteroatoms. The Morgan fingerprint density at radius 2 is 1.87 bits per heavy atom. The predicted octanol–water partition coefficient (Wildman–Crippen LogP) is 2.01. The summed E-state index contributed by atoms with van der Waals surface area (Å²) in [5.74, 6) is 0.220. The number of hydrogen-bond donors (Lipinski definition) is 2. The minimum atomic E-state index is -3.70. The van der Waals surface area contributed by atoms with Gasteiger partial charge in [-0.15, -0.1) is 0 Å². The molecule has 0 saturated carbocycles. The molecule has 1 aliphatic rings. The second-order valence-corrected chi connectivity index (χ2v) is 9.07. The van der Waals surface area contributed by atoms with Gasteiger partial charge in [0.1, 0.15) is 5.75 Å². The molecule has 2 aromatic carbocycles. The maximum atomic E-state index is 12.5. The normalized spacial score (nSPS) is 14.7. The van der Waals surface area contributed by atoms with Crippen molar-refractivity contribution in [1.82, 2.24) is 10.2 Å². The van der Waals surface area contributed by atoms with E-state index in [1.54, 1.807) is 18.2 Å². The van der Waals surface area contributed by atoms with Crippen LogP contribution in [0.3, 0.4) is 0 Å². The van der Waals surface area contributed by atoms with Crippen molar-refractivity contribution >= 4 is 21.6 Å². The number of amides is 1. The molecule has 1 saturated heterocycles. The molecule has 0 atom stereocenters. The van der Waals surface area contributed by atoms with Crippen molar-refractivity contribution in [2.24, 2.45) is 0 Å². The van der Waals surface area contributed by atoms with Gasteiger partial charge < -0.3 is 14.8 Å². The molecule has 168 valence electrons. The molecule has 0 aromatic heterocycles. The number of morpholine rings is 1. The van der Waals surface area contributed by atoms with E-state index in [1.165, 1.54) is 24.3 Å². The summed E-state index contributed by atoms with van der Waals surface area (Å²) in [5.41, 5.74) is 1.47. The number of carbonyl (C=O) groups excluding carboxylic acids is 1. The second-order valence-electron chi connectivity index (χ2n) is 7.39. The molecule has 1 aliphatic heterocycles. The van der Waals surface area contributed by atoms with Crippen LogP contribution in [-0.4, -0.2) is 65.2 Å². The first kappa shape index (κ1) is 23.1. The van der Waals surface area contributed by atoms with Crippen LogP contribution in [0.25, 0.3) is 0 Å². The summed E-state index contributed by atoms with van der Waals surface area (Å²) >= 11 is 0. The van der Waals surface area contributed by atoms with Crippen molar-refractivity contribution in [2.75, 3.05) is 50.7 Å². The molecular formula is C22H29N3O5S. The number of sulfonamides is 1. The Morgan fingerprint density at radius 3 is 2.58 bits per heavy atom. The highest BCUT2D eigenvalue weighted by atomic mass is 32.2. The van der Waals surface area contributed by atoms with Gasteiger partial charge in [0.05, 0.1) is 18.1 Å². The molecular weight excluding hydrogens is 418 g/mol. The minimum absolute atomic E-state index is 0.119. The molecule has 2 N–H and O–H groups in total. The Balaban J connectivity index is 1.40. The first-order chi connectivity index (χ1) is 14.9. The van der Waals surface area contributed by atoms with Crippen molar-refractivity contribution in [1.29, 1.82) is 0 Å². The van der Waals surface area contributed by atoms with Crippen molar-refractivity contribution in [3.63, 3.8) is 0 Å². The van der Waals surface area contributed by atoms with Crippen molar-refractivity contribution in [3.8, 4) is 5.75 Å². The standard InChI is InChI=1S/C22H29N3O5S/c1-18-4-2-5-19(16-18)24-31(27,28)21-8-6-20(7-9-21)30-17-22(26)23-10-3-11-25-12-14-29-15-13-25/h2,4-9,16,24H,3,10-15,17H2,1H3,(H,23,26). The van der Waals surface area contributed by atoms with Gasteiger partial charge in [0, 0.05) is 25.3 Å². The Labute approximate surface area is 183 Å². The van der Waals surface area contributed by atoms with Gasteiger partial charge >= 0.3 is 0 Å². The monoisotopic (exact) mass is 447 g/mol. The number of hydrogen-bond acceptors (Lipinski definition) is 6. The smallest absolute Gasteiger partial charge is 0.261 e. The molecule has 31 heavy (non-hydrogen) atoms. The van der Waals surface area contributed by atoms with Crippen LogP contribution < -0.4 is 14.8 Å². The molecule has 8 nitrogen and oxygen atoms in total. The Bertz CT molecular complexity index is 957. The average molecular weight is 448 g/mol. The second kappa shape index (κ2) is 11.1. The zero-order chi connectivity index (χ0) is 22.1. The first-order valence-corrected chi connectivity index (χ1v) is 11.8. The van der Waals surface area contributed by atoms with Crippen LogP contribution in [0.1, 0.15) is 12.0 Å². The molecule has 0 radical (unpaired) electrons. The number of aryl methyl sites for hydroxylation is 1. The highest BCUT2D eigenvalue weighted by molar-refractivity contribution is 7.92. The highest BCUT2D eigenvalue weighted by Crippen LogP contribution is 2.20. The van der Waals surface area contributed by atoms with Crippen LogP contribution in [0.2, 0.25) is 0 Å². The van der Waals surface area contributed by atoms with Gasteiger partial charge in [0.2, 0.25) is 0 Å². The van der Waals surface area contributed by atoms with Crippen molar-refractivity contribution < 1.29 is 22.7 Å². The van der Waals surface area contributed by atoms with E-state index in [0.717, 1.165) is 44.8 Å². The van der Waals surface area contributed by atoms with Crippen molar-refractivity contribution in [2.45, 2.75) is 18.2 Å². The largest absolute Gasteiger partial charge is 0.484 e. The number of rotatable bonds is 10. The van der Waals surface area contributed by atoms with Gasteiger partial charge in [-0.25, -0.2) is 8.42 Å². The van der Waals surface area contributed by atoms with E-state index in [0.29, 0.717) is 18.0 Å². The molecule has 1 fully saturated rings. The van der Waals surface area contributed by atoms with Gasteiger partial charge in [0.15, 0.2) is 6.61 Å². The molecule has 0 aliphatic carbocycles. The maximum absolute atomic E-state index is 12.5. The number of carbonyl (C=O) groups is 1. The zero-order valence-corrected chi connectivity index (χ0v) is 18.5. The summed E-state index contributed by atoms with van der Waals surface area (Å²) in [6, 6.07) is 13.1. The highest BCUT2D eigenvalue weighted by Gasteiger charge is 2.15. The van der Waals surface area contributed by atoms with Crippen LogP contribution in [-0.2, 0) is 19.6 Å². The lowest BCUT2D eigenvalue weighted by atomic mass is 10.2. The Morgan fingerprint density at radius 1 is 1.13 bits per heavy atom. The summed E-state index contributed by atoms with van der Waals surface area (Å²) in [5, 5.41) is 2.83. The third-order valence-electron chi connectivity index (χ3n) is 4.85. The topological polar surface area (TPSA) is 97.0 Å². The predicted molar refractivity (Wildman–Crippen MR) is 119 cm³/mol. The van der Waals surface area contributed by atoms with Gasteiger partial charge in [-0.2, -0.15) is 0 Å². The van der Waals surface area contributed by atoms with E-state index < -0.39 is 10.0 Å². The van der Waals surface area contributed by atoms with Gasteiger partial charge in [-0.05, 0) is 61.9 Å². The van der Waals surface area contributed by atoms with E-state index in [2.05, 4.69) is 14.9 Å². The first-order valence-electron chi connectivity index (χ1n) is 10.3. The molecule has 0 unspecified atom stereocenters. The van der Waals surface area contributed by atoms with Crippen LogP contribution in [0.5, 0.6) is 5.75 Å². The van der Waals surface area contributed by atoms with E-state index in [1.807, 2.05) is 13.0 Å². The fourth-order valence-corrected chi connectivity index (χ4v) is 4.24. The Hall–Kier alpha value is -2.62. The van der Waals surface area contributed by atoms with Crippen molar-refractivity contribution in [3.05, 3.63) is 54.1 Å². The quantitative estimate of drug-likeness (QED) is 0.541. The third kappa shape index (κ3) is 7.54. The lowest BCUT2D eigenvalue weighted by molar-refractivity contribution is -0.123. The van der Waals surface area contributed by atoms with Crippen LogP contribution >= 0.6 is 0 Å². The van der Waals surface area contributed by atoms with Gasteiger partial charge in [0.25, 0.3) is 15.9 Å². The number of nitrogens with one attached hydrogen (secondary N) is 2. The van der Waals surface area contributed by atoms with Crippen LogP contribution in [0.15, 0.2) is 53.4 Å². The van der Waals surface area contributed by atoms with E-state index in [4.69, 9.17) is 9.47 Å².